The second-order valence-corrected chi connectivity index (χ2v) is 4.03. The smallest absolute Gasteiger partial charge is 0.137 e. The number of rotatable bonds is 1. The molecule has 0 N–H and O–H groups in total. The van der Waals surface area contributed by atoms with Crippen LogP contribution in [0.5, 0.6) is 5.75 Å². The summed E-state index contributed by atoms with van der Waals surface area (Å²) in [6, 6.07) is 4.12. The van der Waals surface area contributed by atoms with Crippen LogP contribution in [0.2, 0.25) is 5.02 Å². The van der Waals surface area contributed by atoms with Crippen LogP contribution in [0.15, 0.2) is 12.1 Å². The highest BCUT2D eigenvalue weighted by atomic mass is 35.5. The van der Waals surface area contributed by atoms with Crippen LogP contribution >= 0.6 is 11.6 Å². The Hall–Kier alpha value is -0.690. The van der Waals surface area contributed by atoms with E-state index in [0.29, 0.717) is 5.92 Å². The molecule has 0 bridgehead atoms. The Kier molecular flexibility index (Phi) is 2.20. The van der Waals surface area contributed by atoms with Crippen molar-refractivity contribution < 1.29 is 4.74 Å². The van der Waals surface area contributed by atoms with Crippen LogP contribution in [0.25, 0.3) is 0 Å². The minimum absolute atomic E-state index is 0.654. The number of benzene rings is 1. The fourth-order valence-electron chi connectivity index (χ4n) is 1.97. The average Bonchev–Trinajstić information content (AvgIpc) is 2.46. The molecule has 0 spiro atoms. The van der Waals surface area contributed by atoms with E-state index in [4.69, 9.17) is 16.3 Å². The molecule has 1 unspecified atom stereocenters. The molecule has 0 aromatic heterocycles. The van der Waals surface area contributed by atoms with Crippen molar-refractivity contribution in [2.24, 2.45) is 0 Å². The molecule has 1 aliphatic carbocycles. The number of hydrogen-bond acceptors (Lipinski definition) is 1. The lowest BCUT2D eigenvalue weighted by molar-refractivity contribution is 0.414. The Balaban J connectivity index is 2.51. The zero-order chi connectivity index (χ0) is 9.42. The third kappa shape index (κ3) is 1.42. The number of aryl methyl sites for hydroxylation is 1. The molecule has 2 rings (SSSR count). The predicted molar refractivity (Wildman–Crippen MR) is 54.7 cm³/mol. The van der Waals surface area contributed by atoms with Gasteiger partial charge in [0.25, 0.3) is 0 Å². The van der Waals surface area contributed by atoms with Crippen LogP contribution in [0.3, 0.4) is 0 Å². The Morgan fingerprint density at radius 3 is 2.92 bits per heavy atom. The summed E-state index contributed by atoms with van der Waals surface area (Å²) in [5.41, 5.74) is 2.79. The number of ether oxygens (including phenoxy) is 1. The molecule has 1 aliphatic rings. The summed E-state index contributed by atoms with van der Waals surface area (Å²) < 4.78 is 5.19. The largest absolute Gasteiger partial charge is 0.495 e. The molecular weight excluding hydrogens is 184 g/mol. The van der Waals surface area contributed by atoms with Gasteiger partial charge in [0, 0.05) is 0 Å². The van der Waals surface area contributed by atoms with Gasteiger partial charge in [-0.15, -0.1) is 0 Å². The second kappa shape index (κ2) is 3.22. The quantitative estimate of drug-likeness (QED) is 0.669. The predicted octanol–water partition coefficient (Wildman–Crippen LogP) is 3.40. The van der Waals surface area contributed by atoms with E-state index in [1.807, 2.05) is 6.07 Å². The fraction of sp³-hybridized carbons (Fsp3) is 0.455. The van der Waals surface area contributed by atoms with Gasteiger partial charge in [0.15, 0.2) is 0 Å². The zero-order valence-corrected chi connectivity index (χ0v) is 8.69. The van der Waals surface area contributed by atoms with Gasteiger partial charge >= 0.3 is 0 Å². The molecule has 1 nitrogen and oxygen atoms in total. The summed E-state index contributed by atoms with van der Waals surface area (Å²) in [5.74, 6) is 1.45. The minimum Gasteiger partial charge on any atom is -0.495 e. The van der Waals surface area contributed by atoms with Gasteiger partial charge < -0.3 is 4.74 Å². The number of methoxy groups -OCH3 is 1. The molecule has 0 saturated heterocycles. The maximum atomic E-state index is 6.03. The summed E-state index contributed by atoms with van der Waals surface area (Å²) in [5, 5.41) is 0.732. The van der Waals surface area contributed by atoms with E-state index in [1.54, 1.807) is 7.11 Å². The molecule has 1 atom stereocenters. The first-order chi connectivity index (χ1) is 6.22. The zero-order valence-electron chi connectivity index (χ0n) is 7.93. The Bertz CT molecular complexity index is 333. The highest BCUT2D eigenvalue weighted by Crippen LogP contribution is 2.38. The third-order valence-corrected chi connectivity index (χ3v) is 3.09. The maximum Gasteiger partial charge on any atom is 0.137 e. The highest BCUT2D eigenvalue weighted by Gasteiger charge is 2.20. The first-order valence-corrected chi connectivity index (χ1v) is 4.96. The lowest BCUT2D eigenvalue weighted by Crippen LogP contribution is -1.90. The van der Waals surface area contributed by atoms with Gasteiger partial charge in [0.05, 0.1) is 12.1 Å². The normalized spacial score (nSPS) is 20.1. The van der Waals surface area contributed by atoms with Crippen molar-refractivity contribution in [2.75, 3.05) is 7.11 Å². The topological polar surface area (TPSA) is 9.23 Å². The molecule has 0 saturated carbocycles. The standard InChI is InChI=1S/C11H13ClO/c1-7-3-4-8-5-10(12)11(13-2)6-9(7)8/h5-7H,3-4H2,1-2H3. The molecule has 1 aromatic rings. The number of halogens is 1. The SMILES string of the molecule is COc1cc2c(cc1Cl)CCC2C. The van der Waals surface area contributed by atoms with Crippen LogP contribution in [-0.2, 0) is 6.42 Å². The van der Waals surface area contributed by atoms with Crippen molar-refractivity contribution in [3.63, 3.8) is 0 Å². The van der Waals surface area contributed by atoms with Gasteiger partial charge in [-0.05, 0) is 42.0 Å². The third-order valence-electron chi connectivity index (χ3n) is 2.79. The maximum absolute atomic E-state index is 6.03. The number of fused-ring (bicyclic) bond motifs is 1. The molecule has 13 heavy (non-hydrogen) atoms. The van der Waals surface area contributed by atoms with E-state index in [9.17, 15) is 0 Å². The average molecular weight is 197 g/mol. The van der Waals surface area contributed by atoms with E-state index >= 15 is 0 Å². The summed E-state index contributed by atoms with van der Waals surface area (Å²) >= 11 is 6.03. The van der Waals surface area contributed by atoms with Crippen LogP contribution in [0.4, 0.5) is 0 Å². The van der Waals surface area contributed by atoms with Gasteiger partial charge in [0.1, 0.15) is 5.75 Å². The van der Waals surface area contributed by atoms with Crippen LogP contribution in [-0.4, -0.2) is 7.11 Å². The Morgan fingerprint density at radius 1 is 1.46 bits per heavy atom. The summed E-state index contributed by atoms with van der Waals surface area (Å²) in [7, 11) is 1.66. The number of hydrogen-bond donors (Lipinski definition) is 0. The van der Waals surface area contributed by atoms with E-state index in [0.717, 1.165) is 17.2 Å². The fourth-order valence-corrected chi connectivity index (χ4v) is 2.23. The summed E-state index contributed by atoms with van der Waals surface area (Å²) in [6.07, 6.45) is 2.39. The second-order valence-electron chi connectivity index (χ2n) is 3.63. The minimum atomic E-state index is 0.654. The van der Waals surface area contributed by atoms with E-state index in [-0.39, 0.29) is 0 Å². The molecular formula is C11H13ClO. The molecule has 0 fully saturated rings. The first-order valence-electron chi connectivity index (χ1n) is 4.58. The van der Waals surface area contributed by atoms with Gasteiger partial charge in [0.2, 0.25) is 0 Å². The Labute approximate surface area is 83.7 Å². The first kappa shape index (κ1) is 8.89. The molecule has 70 valence electrons. The van der Waals surface area contributed by atoms with Crippen molar-refractivity contribution in [1.29, 1.82) is 0 Å². The molecule has 0 aliphatic heterocycles. The van der Waals surface area contributed by atoms with E-state index < -0.39 is 0 Å². The summed E-state index contributed by atoms with van der Waals surface area (Å²) in [6.45, 7) is 2.25. The van der Waals surface area contributed by atoms with Crippen LogP contribution in [0, 0.1) is 0 Å². The molecule has 1 aromatic carbocycles. The lowest BCUT2D eigenvalue weighted by atomic mass is 10.0. The van der Waals surface area contributed by atoms with Gasteiger partial charge in [-0.1, -0.05) is 18.5 Å². The Morgan fingerprint density at radius 2 is 2.23 bits per heavy atom. The van der Waals surface area contributed by atoms with Crippen LogP contribution < -0.4 is 4.74 Å². The van der Waals surface area contributed by atoms with Crippen molar-refractivity contribution >= 4 is 11.6 Å². The molecule has 2 heteroatoms. The van der Waals surface area contributed by atoms with Crippen molar-refractivity contribution in [1.82, 2.24) is 0 Å². The highest BCUT2D eigenvalue weighted by molar-refractivity contribution is 6.32. The van der Waals surface area contributed by atoms with Gasteiger partial charge in [-0.2, -0.15) is 0 Å². The van der Waals surface area contributed by atoms with Crippen LogP contribution in [0.1, 0.15) is 30.4 Å². The molecule has 0 amide bonds. The molecule has 0 radical (unpaired) electrons. The van der Waals surface area contributed by atoms with Crippen molar-refractivity contribution in [3.05, 3.63) is 28.3 Å². The van der Waals surface area contributed by atoms with Gasteiger partial charge in [-0.25, -0.2) is 0 Å². The van der Waals surface area contributed by atoms with Crippen molar-refractivity contribution in [3.8, 4) is 5.75 Å². The van der Waals surface area contributed by atoms with E-state index in [1.165, 1.54) is 17.5 Å². The summed E-state index contributed by atoms with van der Waals surface area (Å²) in [4.78, 5) is 0. The molecule has 0 heterocycles. The monoisotopic (exact) mass is 196 g/mol. The van der Waals surface area contributed by atoms with Crippen molar-refractivity contribution in [2.45, 2.75) is 25.7 Å². The van der Waals surface area contributed by atoms with Gasteiger partial charge in [-0.3, -0.25) is 0 Å². The van der Waals surface area contributed by atoms with E-state index in [2.05, 4.69) is 13.0 Å². The lowest BCUT2D eigenvalue weighted by Gasteiger charge is -2.08.